The number of nitrogens with zero attached hydrogens (tertiary/aromatic N) is 1. The van der Waals surface area contributed by atoms with Gasteiger partial charge in [0.25, 0.3) is 10.0 Å². The van der Waals surface area contributed by atoms with E-state index in [1.165, 1.54) is 38.5 Å². The van der Waals surface area contributed by atoms with Crippen LogP contribution in [0.1, 0.15) is 25.8 Å². The molecule has 0 aliphatic rings. The number of halogens is 3. The Bertz CT molecular complexity index is 1110. The van der Waals surface area contributed by atoms with Crippen molar-refractivity contribution in [2.45, 2.75) is 37.4 Å². The molecule has 0 aliphatic carbocycles. The Balaban J connectivity index is 2.39. The molecule has 194 valence electrons. The average Bonchev–Trinajstić information content (AvgIpc) is 2.81. The highest BCUT2D eigenvalue weighted by Gasteiger charge is 2.33. The second kappa shape index (κ2) is 12.1. The minimum atomic E-state index is -4.70. The molecule has 0 aromatic heterocycles. The predicted molar refractivity (Wildman–Crippen MR) is 124 cm³/mol. The third-order valence-electron chi connectivity index (χ3n) is 4.79. The molecule has 2 aromatic carbocycles. The molecule has 0 bridgehead atoms. The number of alkyl halides is 3. The Kier molecular flexibility index (Phi) is 9.78. The number of methoxy groups -OCH3 is 2. The molecular weight excluding hydrogens is 489 g/mol. The standard InChI is InChI=1S/C23H29F3N2O6S/c1-16(2)34-12-6-11-27-22(29)15-28(18-8-5-7-17(13-18)23(24,25)26)35(30,31)19-9-10-20(32-3)21(14-19)33-4/h5,7-10,13-14,16H,6,11-12,15H2,1-4H3,(H,27,29). The summed E-state index contributed by atoms with van der Waals surface area (Å²) in [5, 5.41) is 2.57. The highest BCUT2D eigenvalue weighted by Crippen LogP contribution is 2.35. The Morgan fingerprint density at radius 2 is 1.74 bits per heavy atom. The van der Waals surface area contributed by atoms with Gasteiger partial charge in [-0.25, -0.2) is 8.42 Å². The van der Waals surface area contributed by atoms with Crippen LogP contribution in [-0.2, 0) is 25.7 Å². The minimum Gasteiger partial charge on any atom is -0.493 e. The van der Waals surface area contributed by atoms with E-state index < -0.39 is 34.2 Å². The summed E-state index contributed by atoms with van der Waals surface area (Å²) in [4.78, 5) is 12.3. The van der Waals surface area contributed by atoms with Crippen LogP contribution in [0.3, 0.4) is 0 Å². The van der Waals surface area contributed by atoms with Gasteiger partial charge >= 0.3 is 6.18 Å². The van der Waals surface area contributed by atoms with Crippen molar-refractivity contribution in [3.05, 3.63) is 48.0 Å². The second-order valence-corrected chi connectivity index (χ2v) is 9.56. The quantitative estimate of drug-likeness (QED) is 0.429. The fourth-order valence-electron chi connectivity index (χ4n) is 3.06. The van der Waals surface area contributed by atoms with Gasteiger partial charge in [-0.05, 0) is 50.6 Å². The van der Waals surface area contributed by atoms with Crippen LogP contribution in [0.2, 0.25) is 0 Å². The summed E-state index contributed by atoms with van der Waals surface area (Å²) in [6, 6.07) is 7.52. The van der Waals surface area contributed by atoms with Crippen LogP contribution in [0.4, 0.5) is 18.9 Å². The number of carbonyl (C=O) groups excluding carboxylic acids is 1. The van der Waals surface area contributed by atoms with Crippen LogP contribution >= 0.6 is 0 Å². The van der Waals surface area contributed by atoms with E-state index in [-0.39, 0.29) is 34.7 Å². The molecule has 2 rings (SSSR count). The molecule has 0 saturated carbocycles. The van der Waals surface area contributed by atoms with Crippen molar-refractivity contribution in [2.24, 2.45) is 0 Å². The maximum atomic E-state index is 13.5. The van der Waals surface area contributed by atoms with Crippen molar-refractivity contribution in [3.8, 4) is 11.5 Å². The first-order chi connectivity index (χ1) is 16.4. The second-order valence-electron chi connectivity index (χ2n) is 7.70. The van der Waals surface area contributed by atoms with Gasteiger partial charge in [0, 0.05) is 19.2 Å². The van der Waals surface area contributed by atoms with Gasteiger partial charge in [0.1, 0.15) is 6.54 Å². The fourth-order valence-corrected chi connectivity index (χ4v) is 4.49. The number of rotatable bonds is 12. The zero-order valence-electron chi connectivity index (χ0n) is 19.9. The van der Waals surface area contributed by atoms with Crippen molar-refractivity contribution >= 4 is 21.6 Å². The molecule has 8 nitrogen and oxygen atoms in total. The summed E-state index contributed by atoms with van der Waals surface area (Å²) in [7, 11) is -1.78. The third-order valence-corrected chi connectivity index (χ3v) is 6.56. The smallest absolute Gasteiger partial charge is 0.416 e. The molecule has 1 N–H and O–H groups in total. The van der Waals surface area contributed by atoms with Crippen LogP contribution in [0.15, 0.2) is 47.4 Å². The highest BCUT2D eigenvalue weighted by molar-refractivity contribution is 7.92. The van der Waals surface area contributed by atoms with E-state index in [4.69, 9.17) is 14.2 Å². The van der Waals surface area contributed by atoms with Crippen molar-refractivity contribution in [1.82, 2.24) is 5.32 Å². The Hall–Kier alpha value is -2.99. The molecule has 0 radical (unpaired) electrons. The number of sulfonamides is 1. The zero-order chi connectivity index (χ0) is 26.2. The number of benzene rings is 2. The number of anilines is 1. The normalized spacial score (nSPS) is 11.9. The fraction of sp³-hybridized carbons (Fsp3) is 0.435. The lowest BCUT2D eigenvalue weighted by molar-refractivity contribution is -0.137. The van der Waals surface area contributed by atoms with Crippen LogP contribution < -0.4 is 19.1 Å². The molecule has 1 amide bonds. The largest absolute Gasteiger partial charge is 0.493 e. The summed E-state index contributed by atoms with van der Waals surface area (Å²) >= 11 is 0. The van der Waals surface area contributed by atoms with Crippen LogP contribution in [0.25, 0.3) is 0 Å². The van der Waals surface area contributed by atoms with Crippen molar-refractivity contribution < 1.29 is 40.6 Å². The lowest BCUT2D eigenvalue weighted by Gasteiger charge is -2.25. The van der Waals surface area contributed by atoms with Crippen molar-refractivity contribution in [1.29, 1.82) is 0 Å². The number of carbonyl (C=O) groups is 1. The topological polar surface area (TPSA) is 94.2 Å². The van der Waals surface area contributed by atoms with E-state index in [9.17, 15) is 26.4 Å². The van der Waals surface area contributed by atoms with E-state index in [0.29, 0.717) is 23.4 Å². The molecule has 0 saturated heterocycles. The summed E-state index contributed by atoms with van der Waals surface area (Å²) in [5.74, 6) is -0.318. The van der Waals surface area contributed by atoms with Gasteiger partial charge in [-0.15, -0.1) is 0 Å². The molecule has 0 spiro atoms. The Morgan fingerprint density at radius 3 is 2.34 bits per heavy atom. The first-order valence-corrected chi connectivity index (χ1v) is 12.1. The van der Waals surface area contributed by atoms with Crippen molar-refractivity contribution in [3.63, 3.8) is 0 Å². The lowest BCUT2D eigenvalue weighted by atomic mass is 10.2. The molecule has 0 atom stereocenters. The molecule has 2 aromatic rings. The summed E-state index contributed by atoms with van der Waals surface area (Å²) in [5.41, 5.74) is -1.36. The zero-order valence-corrected chi connectivity index (χ0v) is 20.7. The summed E-state index contributed by atoms with van der Waals surface area (Å²) in [6.45, 7) is 3.59. The minimum absolute atomic E-state index is 0.0220. The van der Waals surface area contributed by atoms with Gasteiger partial charge in [0.2, 0.25) is 5.91 Å². The van der Waals surface area contributed by atoms with Gasteiger partial charge in [0.05, 0.1) is 36.5 Å². The van der Waals surface area contributed by atoms with Crippen LogP contribution in [0.5, 0.6) is 11.5 Å². The molecule has 0 aliphatic heterocycles. The van der Waals surface area contributed by atoms with E-state index in [2.05, 4.69) is 5.32 Å². The lowest BCUT2D eigenvalue weighted by Crippen LogP contribution is -2.41. The van der Waals surface area contributed by atoms with E-state index in [0.717, 1.165) is 12.1 Å². The monoisotopic (exact) mass is 518 g/mol. The van der Waals surface area contributed by atoms with Crippen LogP contribution in [0, 0.1) is 0 Å². The predicted octanol–water partition coefficient (Wildman–Crippen LogP) is 3.85. The summed E-state index contributed by atoms with van der Waals surface area (Å²) < 4.78 is 83.2. The molecule has 12 heteroatoms. The number of ether oxygens (including phenoxy) is 3. The molecule has 0 heterocycles. The maximum Gasteiger partial charge on any atom is 0.416 e. The highest BCUT2D eigenvalue weighted by atomic mass is 32.2. The van der Waals surface area contributed by atoms with Crippen molar-refractivity contribution in [2.75, 3.05) is 38.2 Å². The molecule has 0 fully saturated rings. The first kappa shape index (κ1) is 28.2. The number of amides is 1. The van der Waals surface area contributed by atoms with Gasteiger partial charge in [0.15, 0.2) is 11.5 Å². The molecule has 0 unspecified atom stereocenters. The Morgan fingerprint density at radius 1 is 1.06 bits per heavy atom. The number of hydrogen-bond donors (Lipinski definition) is 1. The summed E-state index contributed by atoms with van der Waals surface area (Å²) in [6.07, 6.45) is -4.20. The third kappa shape index (κ3) is 7.76. The maximum absolute atomic E-state index is 13.5. The molecule has 35 heavy (non-hydrogen) atoms. The number of nitrogens with one attached hydrogen (secondary N) is 1. The number of hydrogen-bond acceptors (Lipinski definition) is 6. The van der Waals surface area contributed by atoms with Crippen LogP contribution in [-0.4, -0.2) is 54.3 Å². The van der Waals surface area contributed by atoms with Gasteiger partial charge < -0.3 is 19.5 Å². The van der Waals surface area contributed by atoms with Gasteiger partial charge in [-0.1, -0.05) is 6.07 Å². The van der Waals surface area contributed by atoms with E-state index >= 15 is 0 Å². The van der Waals surface area contributed by atoms with E-state index in [1.807, 2.05) is 13.8 Å². The van der Waals surface area contributed by atoms with Gasteiger partial charge in [-0.2, -0.15) is 13.2 Å². The van der Waals surface area contributed by atoms with E-state index in [1.54, 1.807) is 0 Å². The Labute approximate surface area is 203 Å². The first-order valence-electron chi connectivity index (χ1n) is 10.7. The SMILES string of the molecule is COc1ccc(S(=O)(=O)N(CC(=O)NCCCOC(C)C)c2cccc(C(F)(F)F)c2)cc1OC. The van der Waals surface area contributed by atoms with Gasteiger partial charge in [-0.3, -0.25) is 9.10 Å². The average molecular weight is 519 g/mol. The molecular formula is C23H29F3N2O6S.